The fourth-order valence-electron chi connectivity index (χ4n) is 2.05. The van der Waals surface area contributed by atoms with Gasteiger partial charge in [-0.2, -0.15) is 0 Å². The topological polar surface area (TPSA) is 65.2 Å². The quantitative estimate of drug-likeness (QED) is 0.859. The van der Waals surface area contributed by atoms with Gasteiger partial charge in [-0.15, -0.1) is 0 Å². The monoisotopic (exact) mass is 258 g/mol. The summed E-state index contributed by atoms with van der Waals surface area (Å²) in [5, 5.41) is 0.806. The molecule has 0 bridgehead atoms. The van der Waals surface area contributed by atoms with Gasteiger partial charge in [0.1, 0.15) is 5.56 Å². The SMILES string of the molecule is CCC(C)c1ccc2ncc(C(=O)OC)c(N)c2c1. The van der Waals surface area contributed by atoms with Crippen molar-refractivity contribution in [3.8, 4) is 0 Å². The number of pyridine rings is 1. The van der Waals surface area contributed by atoms with Crippen LogP contribution in [0.4, 0.5) is 5.69 Å². The highest BCUT2D eigenvalue weighted by Crippen LogP contribution is 2.28. The molecular weight excluding hydrogens is 240 g/mol. The molecule has 4 nitrogen and oxygen atoms in total. The molecule has 2 N–H and O–H groups in total. The molecule has 4 heteroatoms. The van der Waals surface area contributed by atoms with Gasteiger partial charge < -0.3 is 10.5 Å². The van der Waals surface area contributed by atoms with Crippen molar-refractivity contribution < 1.29 is 9.53 Å². The van der Waals surface area contributed by atoms with Crippen LogP contribution in [0.2, 0.25) is 0 Å². The number of hydrogen-bond acceptors (Lipinski definition) is 4. The number of nitrogens with zero attached hydrogens (tertiary/aromatic N) is 1. The Morgan fingerprint density at radius 2 is 2.21 bits per heavy atom. The summed E-state index contributed by atoms with van der Waals surface area (Å²) in [6, 6.07) is 6.01. The van der Waals surface area contributed by atoms with Crippen LogP contribution in [0.25, 0.3) is 10.9 Å². The van der Waals surface area contributed by atoms with Crippen LogP contribution in [0.1, 0.15) is 42.1 Å². The van der Waals surface area contributed by atoms with E-state index in [4.69, 9.17) is 10.5 Å². The first-order chi connectivity index (χ1) is 9.08. The predicted octanol–water partition coefficient (Wildman–Crippen LogP) is 3.12. The van der Waals surface area contributed by atoms with Gasteiger partial charge in [-0.05, 0) is 30.0 Å². The number of nitrogen functional groups attached to an aromatic ring is 1. The second-order valence-corrected chi connectivity index (χ2v) is 4.66. The predicted molar refractivity (Wildman–Crippen MR) is 76.2 cm³/mol. The number of benzene rings is 1. The second kappa shape index (κ2) is 5.26. The van der Waals surface area contributed by atoms with Crippen LogP contribution in [-0.2, 0) is 4.74 Å². The first-order valence-electron chi connectivity index (χ1n) is 6.35. The molecule has 1 aromatic carbocycles. The number of carbonyl (C=O) groups is 1. The molecular formula is C15H18N2O2. The highest BCUT2D eigenvalue weighted by molar-refractivity contribution is 6.04. The maximum Gasteiger partial charge on any atom is 0.341 e. The molecule has 2 rings (SSSR count). The zero-order chi connectivity index (χ0) is 14.0. The van der Waals surface area contributed by atoms with Gasteiger partial charge in [0.25, 0.3) is 0 Å². The van der Waals surface area contributed by atoms with Crippen molar-refractivity contribution in [3.05, 3.63) is 35.5 Å². The van der Waals surface area contributed by atoms with Crippen molar-refractivity contribution in [3.63, 3.8) is 0 Å². The Morgan fingerprint density at radius 3 is 2.84 bits per heavy atom. The lowest BCUT2D eigenvalue weighted by molar-refractivity contribution is 0.0601. The van der Waals surface area contributed by atoms with Gasteiger partial charge in [-0.3, -0.25) is 4.98 Å². The smallest absolute Gasteiger partial charge is 0.341 e. The Labute approximate surface area is 112 Å². The molecule has 0 amide bonds. The molecule has 19 heavy (non-hydrogen) atoms. The molecule has 0 saturated carbocycles. The van der Waals surface area contributed by atoms with Crippen LogP contribution in [0, 0.1) is 0 Å². The third kappa shape index (κ3) is 2.38. The van der Waals surface area contributed by atoms with E-state index in [1.165, 1.54) is 18.9 Å². The number of rotatable bonds is 3. The van der Waals surface area contributed by atoms with E-state index >= 15 is 0 Å². The van der Waals surface area contributed by atoms with Crippen LogP contribution in [0.15, 0.2) is 24.4 Å². The summed E-state index contributed by atoms with van der Waals surface area (Å²) in [5.74, 6) is -0.00794. The van der Waals surface area contributed by atoms with Crippen LogP contribution in [-0.4, -0.2) is 18.1 Å². The van der Waals surface area contributed by atoms with Gasteiger partial charge in [0, 0.05) is 11.6 Å². The maximum absolute atomic E-state index is 11.6. The summed E-state index contributed by atoms with van der Waals surface area (Å²) >= 11 is 0. The molecule has 100 valence electrons. The van der Waals surface area contributed by atoms with Crippen molar-refractivity contribution >= 4 is 22.6 Å². The molecule has 0 spiro atoms. The van der Waals surface area contributed by atoms with E-state index in [1.54, 1.807) is 0 Å². The van der Waals surface area contributed by atoms with Crippen LogP contribution < -0.4 is 5.73 Å². The van der Waals surface area contributed by atoms with Gasteiger partial charge in [0.05, 0.1) is 18.3 Å². The van der Waals surface area contributed by atoms with Gasteiger partial charge in [0.15, 0.2) is 0 Å². The summed E-state index contributed by atoms with van der Waals surface area (Å²) < 4.78 is 4.71. The van der Waals surface area contributed by atoms with E-state index in [2.05, 4.69) is 24.9 Å². The summed E-state index contributed by atoms with van der Waals surface area (Å²) in [4.78, 5) is 15.9. The molecule has 0 saturated heterocycles. The first-order valence-corrected chi connectivity index (χ1v) is 6.35. The van der Waals surface area contributed by atoms with E-state index < -0.39 is 5.97 Å². The van der Waals surface area contributed by atoms with Gasteiger partial charge in [-0.25, -0.2) is 4.79 Å². The number of hydrogen-bond donors (Lipinski definition) is 1. The van der Waals surface area contributed by atoms with E-state index in [0.29, 0.717) is 17.2 Å². The summed E-state index contributed by atoms with van der Waals surface area (Å²) in [7, 11) is 1.33. The number of esters is 1. The third-order valence-electron chi connectivity index (χ3n) is 3.52. The Balaban J connectivity index is 2.62. The molecule has 1 aromatic heterocycles. The highest BCUT2D eigenvalue weighted by atomic mass is 16.5. The minimum atomic E-state index is -0.458. The molecule has 0 radical (unpaired) electrons. The molecule has 1 atom stereocenters. The number of ether oxygens (including phenoxy) is 1. The fraction of sp³-hybridized carbons (Fsp3) is 0.333. The van der Waals surface area contributed by atoms with Crippen molar-refractivity contribution in [1.82, 2.24) is 4.98 Å². The molecule has 2 aromatic rings. The number of methoxy groups -OCH3 is 1. The van der Waals surface area contributed by atoms with Crippen molar-refractivity contribution in [2.75, 3.05) is 12.8 Å². The zero-order valence-corrected chi connectivity index (χ0v) is 11.4. The van der Waals surface area contributed by atoms with Crippen LogP contribution >= 0.6 is 0 Å². The number of nitrogens with two attached hydrogens (primary N) is 1. The molecule has 0 aliphatic heterocycles. The first kappa shape index (κ1) is 13.3. The fourth-order valence-corrected chi connectivity index (χ4v) is 2.05. The van der Waals surface area contributed by atoms with Crippen molar-refractivity contribution in [1.29, 1.82) is 0 Å². The summed E-state index contributed by atoms with van der Waals surface area (Å²) in [5.41, 5.74) is 8.80. The lowest BCUT2D eigenvalue weighted by Crippen LogP contribution is -2.07. The molecule has 1 unspecified atom stereocenters. The van der Waals surface area contributed by atoms with Crippen LogP contribution in [0.5, 0.6) is 0 Å². The Morgan fingerprint density at radius 1 is 1.47 bits per heavy atom. The van der Waals surface area contributed by atoms with Gasteiger partial charge in [0.2, 0.25) is 0 Å². The van der Waals surface area contributed by atoms with Gasteiger partial charge >= 0.3 is 5.97 Å². The van der Waals surface area contributed by atoms with E-state index in [9.17, 15) is 4.79 Å². The number of anilines is 1. The number of fused-ring (bicyclic) bond motifs is 1. The van der Waals surface area contributed by atoms with E-state index in [0.717, 1.165) is 17.3 Å². The molecule has 1 heterocycles. The number of aromatic nitrogens is 1. The molecule has 0 fully saturated rings. The minimum absolute atomic E-state index is 0.316. The Hall–Kier alpha value is -2.10. The van der Waals surface area contributed by atoms with Crippen molar-refractivity contribution in [2.24, 2.45) is 0 Å². The summed E-state index contributed by atoms with van der Waals surface area (Å²) in [6.07, 6.45) is 2.52. The summed E-state index contributed by atoms with van der Waals surface area (Å²) in [6.45, 7) is 4.30. The standard InChI is InChI=1S/C15H18N2O2/c1-4-9(2)10-5-6-13-11(7-10)14(16)12(8-17-13)15(18)19-3/h5-9H,4H2,1-3H3,(H2,16,17). The largest absolute Gasteiger partial charge is 0.465 e. The average molecular weight is 258 g/mol. The van der Waals surface area contributed by atoms with E-state index in [1.807, 2.05) is 12.1 Å². The van der Waals surface area contributed by atoms with E-state index in [-0.39, 0.29) is 0 Å². The number of carbonyl (C=O) groups excluding carboxylic acids is 1. The lowest BCUT2D eigenvalue weighted by Gasteiger charge is -2.12. The van der Waals surface area contributed by atoms with Crippen LogP contribution in [0.3, 0.4) is 0 Å². The maximum atomic E-state index is 11.6. The lowest BCUT2D eigenvalue weighted by atomic mass is 9.96. The molecule has 0 aliphatic rings. The average Bonchev–Trinajstić information content (AvgIpc) is 2.45. The minimum Gasteiger partial charge on any atom is -0.465 e. The second-order valence-electron chi connectivity index (χ2n) is 4.66. The van der Waals surface area contributed by atoms with Crippen molar-refractivity contribution in [2.45, 2.75) is 26.2 Å². The third-order valence-corrected chi connectivity index (χ3v) is 3.52. The molecule has 0 aliphatic carbocycles. The highest BCUT2D eigenvalue weighted by Gasteiger charge is 2.14. The zero-order valence-electron chi connectivity index (χ0n) is 11.4. The normalized spacial score (nSPS) is 12.4. The Kier molecular flexibility index (Phi) is 3.69. The Bertz CT molecular complexity index is 623. The van der Waals surface area contributed by atoms with Gasteiger partial charge in [-0.1, -0.05) is 19.9 Å².